The number of hydrogen-bond acceptors (Lipinski definition) is 3. The number of carbonyl (C=O) groups excluding carboxylic acids is 2. The lowest BCUT2D eigenvalue weighted by Gasteiger charge is -2.05. The fraction of sp³-hybridized carbons (Fsp3) is 0.111. The van der Waals surface area contributed by atoms with Crippen molar-refractivity contribution in [2.24, 2.45) is 0 Å². The minimum absolute atomic E-state index is 0.167. The first-order valence-electron chi connectivity index (χ1n) is 3.68. The molecule has 0 heterocycles. The molecule has 0 saturated heterocycles. The molecule has 1 aromatic rings. The van der Waals surface area contributed by atoms with E-state index in [0.29, 0.717) is 5.56 Å². The van der Waals surface area contributed by atoms with Crippen LogP contribution in [-0.4, -0.2) is 11.2 Å². The molecule has 1 aromatic carbocycles. The second kappa shape index (κ2) is 4.57. The summed E-state index contributed by atoms with van der Waals surface area (Å²) >= 11 is 8.25. The molecule has 0 fully saturated rings. The van der Waals surface area contributed by atoms with Gasteiger partial charge in [0.2, 0.25) is 0 Å². The maximum atomic E-state index is 11.1. The van der Waals surface area contributed by atoms with Crippen LogP contribution in [0.5, 0.6) is 5.75 Å². The summed E-state index contributed by atoms with van der Waals surface area (Å²) in [7, 11) is 0. The molecule has 0 spiro atoms. The van der Waals surface area contributed by atoms with E-state index < -0.39 is 5.43 Å². The van der Waals surface area contributed by atoms with Gasteiger partial charge in [-0.1, -0.05) is 15.9 Å². The maximum Gasteiger partial charge on any atom is 0.409 e. The Labute approximate surface area is 94.1 Å². The molecule has 5 heteroatoms. The number of hydrogen-bond donors (Lipinski definition) is 0. The topological polar surface area (TPSA) is 43.4 Å². The van der Waals surface area contributed by atoms with Gasteiger partial charge in [0.05, 0.1) is 5.56 Å². The third-order valence-corrected chi connectivity index (χ3v) is 2.08. The van der Waals surface area contributed by atoms with Crippen molar-refractivity contribution in [2.75, 3.05) is 0 Å². The van der Waals surface area contributed by atoms with Gasteiger partial charge in [-0.05, 0) is 25.1 Å². The zero-order valence-corrected chi connectivity index (χ0v) is 9.55. The van der Waals surface area contributed by atoms with E-state index in [1.807, 2.05) is 0 Å². The predicted octanol–water partition coefficient (Wildman–Crippen LogP) is 3.39. The van der Waals surface area contributed by atoms with Crippen molar-refractivity contribution in [1.29, 1.82) is 0 Å². The number of benzene rings is 1. The number of rotatable bonds is 2. The van der Waals surface area contributed by atoms with Gasteiger partial charge in [-0.25, -0.2) is 4.79 Å². The van der Waals surface area contributed by atoms with Crippen LogP contribution < -0.4 is 4.74 Å². The molecule has 1 rings (SSSR count). The van der Waals surface area contributed by atoms with E-state index in [9.17, 15) is 9.59 Å². The lowest BCUT2D eigenvalue weighted by molar-refractivity contribution is 0.101. The number of carbonyl (C=O) groups is 2. The van der Waals surface area contributed by atoms with Crippen LogP contribution in [0.2, 0.25) is 0 Å². The molecule has 0 radical (unpaired) electrons. The van der Waals surface area contributed by atoms with E-state index in [1.165, 1.54) is 13.0 Å². The van der Waals surface area contributed by atoms with Crippen LogP contribution in [0.4, 0.5) is 4.79 Å². The summed E-state index contributed by atoms with van der Waals surface area (Å²) in [6.45, 7) is 1.38. The summed E-state index contributed by atoms with van der Waals surface area (Å²) in [5, 5.41) is 0. The SMILES string of the molecule is CC(=O)c1cc(Br)ccc1OC(=O)Cl. The molecule has 0 aliphatic rings. The van der Waals surface area contributed by atoms with Gasteiger partial charge in [0, 0.05) is 16.1 Å². The van der Waals surface area contributed by atoms with E-state index in [4.69, 9.17) is 11.6 Å². The largest absolute Gasteiger partial charge is 0.414 e. The van der Waals surface area contributed by atoms with Gasteiger partial charge in [-0.2, -0.15) is 0 Å². The zero-order chi connectivity index (χ0) is 10.7. The molecule has 0 N–H and O–H groups in total. The Hall–Kier alpha value is -0.870. The minimum atomic E-state index is -0.963. The Morgan fingerprint density at radius 2 is 2.07 bits per heavy atom. The van der Waals surface area contributed by atoms with Crippen LogP contribution in [0, 0.1) is 0 Å². The van der Waals surface area contributed by atoms with Gasteiger partial charge >= 0.3 is 5.43 Å². The molecule has 0 amide bonds. The molecule has 0 atom stereocenters. The molecule has 0 unspecified atom stereocenters. The summed E-state index contributed by atoms with van der Waals surface area (Å²) < 4.78 is 5.38. The van der Waals surface area contributed by atoms with Crippen molar-refractivity contribution in [2.45, 2.75) is 6.92 Å². The van der Waals surface area contributed by atoms with Crippen LogP contribution in [0.3, 0.4) is 0 Å². The molecule has 0 aromatic heterocycles. The van der Waals surface area contributed by atoms with Crippen LogP contribution >= 0.6 is 27.5 Å². The van der Waals surface area contributed by atoms with Crippen molar-refractivity contribution < 1.29 is 14.3 Å². The molecule has 0 aliphatic carbocycles. The first-order chi connectivity index (χ1) is 6.50. The molecule has 0 bridgehead atoms. The van der Waals surface area contributed by atoms with Crippen LogP contribution in [0.25, 0.3) is 0 Å². The molecule has 14 heavy (non-hydrogen) atoms. The van der Waals surface area contributed by atoms with Gasteiger partial charge in [-0.15, -0.1) is 0 Å². The van der Waals surface area contributed by atoms with Gasteiger partial charge in [0.15, 0.2) is 5.78 Å². The number of ether oxygens (including phenoxy) is 1. The smallest absolute Gasteiger partial charge is 0.409 e. The third-order valence-electron chi connectivity index (χ3n) is 1.51. The predicted molar refractivity (Wildman–Crippen MR) is 56.0 cm³/mol. The molecular weight excluding hydrogens is 271 g/mol. The summed E-state index contributed by atoms with van der Waals surface area (Å²) in [5.74, 6) is -0.0279. The monoisotopic (exact) mass is 276 g/mol. The van der Waals surface area contributed by atoms with Crippen molar-refractivity contribution in [1.82, 2.24) is 0 Å². The van der Waals surface area contributed by atoms with E-state index in [2.05, 4.69) is 20.7 Å². The summed E-state index contributed by atoms with van der Waals surface area (Å²) in [5.41, 5.74) is -0.650. The van der Waals surface area contributed by atoms with Gasteiger partial charge < -0.3 is 4.74 Å². The third kappa shape index (κ3) is 2.82. The lowest BCUT2D eigenvalue weighted by atomic mass is 10.1. The van der Waals surface area contributed by atoms with E-state index >= 15 is 0 Å². The van der Waals surface area contributed by atoms with Crippen LogP contribution in [0.1, 0.15) is 17.3 Å². The summed E-state index contributed by atoms with van der Waals surface area (Å²) in [6, 6.07) is 4.72. The van der Waals surface area contributed by atoms with E-state index in [-0.39, 0.29) is 11.5 Å². The van der Waals surface area contributed by atoms with Crippen molar-refractivity contribution in [3.63, 3.8) is 0 Å². The Bertz CT molecular complexity index is 390. The molecule has 74 valence electrons. The Kier molecular flexibility index (Phi) is 3.66. The molecule has 0 aliphatic heterocycles. The van der Waals surface area contributed by atoms with E-state index in [1.54, 1.807) is 12.1 Å². The van der Waals surface area contributed by atoms with Crippen molar-refractivity contribution in [3.8, 4) is 5.75 Å². The molecular formula is C9H6BrClO3. The van der Waals surface area contributed by atoms with Crippen LogP contribution in [-0.2, 0) is 0 Å². The average Bonchev–Trinajstić information content (AvgIpc) is 2.07. The van der Waals surface area contributed by atoms with Gasteiger partial charge in [0.1, 0.15) is 5.75 Å². The number of Topliss-reactive ketones (excluding diaryl/α,β-unsaturated/α-hetero) is 1. The van der Waals surface area contributed by atoms with Gasteiger partial charge in [-0.3, -0.25) is 4.79 Å². The Balaban J connectivity index is 3.14. The summed E-state index contributed by atoms with van der Waals surface area (Å²) in [6.07, 6.45) is 0. The van der Waals surface area contributed by atoms with Gasteiger partial charge in [0.25, 0.3) is 0 Å². The highest BCUT2D eigenvalue weighted by atomic mass is 79.9. The number of ketones is 1. The average molecular weight is 278 g/mol. The van der Waals surface area contributed by atoms with Crippen molar-refractivity contribution >= 4 is 38.7 Å². The standard InChI is InChI=1S/C9H6BrClO3/c1-5(12)7-4-6(10)2-3-8(7)14-9(11)13/h2-4H,1H3. The summed E-state index contributed by atoms with van der Waals surface area (Å²) in [4.78, 5) is 21.6. The zero-order valence-electron chi connectivity index (χ0n) is 7.21. The van der Waals surface area contributed by atoms with Crippen molar-refractivity contribution in [3.05, 3.63) is 28.2 Å². The van der Waals surface area contributed by atoms with E-state index in [0.717, 1.165) is 4.47 Å². The Morgan fingerprint density at radius 1 is 1.43 bits per heavy atom. The molecule has 3 nitrogen and oxygen atoms in total. The molecule has 0 saturated carbocycles. The number of halogens is 2. The highest BCUT2D eigenvalue weighted by molar-refractivity contribution is 9.10. The lowest BCUT2D eigenvalue weighted by Crippen LogP contribution is -2.02. The first kappa shape index (κ1) is 11.2. The second-order valence-corrected chi connectivity index (χ2v) is 3.76. The minimum Gasteiger partial charge on any atom is -0.414 e. The second-order valence-electron chi connectivity index (χ2n) is 2.54. The highest BCUT2D eigenvalue weighted by Crippen LogP contribution is 2.24. The first-order valence-corrected chi connectivity index (χ1v) is 4.85. The highest BCUT2D eigenvalue weighted by Gasteiger charge is 2.11. The quantitative estimate of drug-likeness (QED) is 0.615. The maximum absolute atomic E-state index is 11.1. The fourth-order valence-electron chi connectivity index (χ4n) is 0.953. The Morgan fingerprint density at radius 3 is 2.57 bits per heavy atom. The fourth-order valence-corrected chi connectivity index (χ4v) is 1.40. The normalized spacial score (nSPS) is 9.64. The van der Waals surface area contributed by atoms with Crippen LogP contribution in [0.15, 0.2) is 22.7 Å².